The maximum absolute atomic E-state index is 13.4. The molecule has 1 aromatic heterocycles. The Bertz CT molecular complexity index is 942. The molecule has 1 saturated heterocycles. The number of hydrogen-bond donors (Lipinski definition) is 3. The molecule has 2 amide bonds. The Balaban J connectivity index is 2.08. The summed E-state index contributed by atoms with van der Waals surface area (Å²) in [4.78, 5) is 56.6. The van der Waals surface area contributed by atoms with Crippen molar-refractivity contribution >= 4 is 29.3 Å². The number of nitrogens with two attached hydrogens (primary N) is 2. The summed E-state index contributed by atoms with van der Waals surface area (Å²) in [5.74, 6) is -2.82. The highest BCUT2D eigenvalue weighted by atomic mass is 19.1. The van der Waals surface area contributed by atoms with Gasteiger partial charge in [-0.15, -0.1) is 0 Å². The third-order valence-electron chi connectivity index (χ3n) is 6.13. The standard InChI is InChI=1S/C23H36FN7O4/c1-14(2)20(29-21(34)16-12-28-30(3)13-16)22(35)31-9-5-7-17(31)18(32)10-15(19(33)11-24)6-4-8-27-23(25)26/h12-15,17,20H,4-11H2,1-3H3,(H,29,34)(H4,25,26,27)/t15-,17+,20+/m1/s1. The van der Waals surface area contributed by atoms with E-state index in [9.17, 15) is 23.6 Å². The van der Waals surface area contributed by atoms with Crippen LogP contribution >= 0.6 is 0 Å². The van der Waals surface area contributed by atoms with Gasteiger partial charge in [-0.25, -0.2) is 4.39 Å². The third kappa shape index (κ3) is 7.86. The van der Waals surface area contributed by atoms with Crippen molar-refractivity contribution in [3.8, 4) is 0 Å². The fraction of sp³-hybridized carbons (Fsp3) is 0.652. The summed E-state index contributed by atoms with van der Waals surface area (Å²) in [5.41, 5.74) is 10.9. The number of likely N-dealkylation sites (tertiary alicyclic amines) is 1. The second-order valence-electron chi connectivity index (χ2n) is 9.20. The van der Waals surface area contributed by atoms with Crippen LogP contribution in [0.5, 0.6) is 0 Å². The molecule has 0 spiro atoms. The number of aryl methyl sites for hydroxylation is 1. The van der Waals surface area contributed by atoms with E-state index >= 15 is 0 Å². The molecule has 12 heteroatoms. The number of aromatic nitrogens is 2. The summed E-state index contributed by atoms with van der Waals surface area (Å²) >= 11 is 0. The lowest BCUT2D eigenvalue weighted by Gasteiger charge is -2.31. The SMILES string of the molecule is CC(C)[C@H](NC(=O)c1cnn(C)c1)C(=O)N1CCC[C@H]1C(=O)C[C@@H](CCCN=C(N)N)C(=O)CF. The summed E-state index contributed by atoms with van der Waals surface area (Å²) in [6, 6.07) is -1.55. The molecule has 1 aliphatic heterocycles. The molecule has 194 valence electrons. The number of nitrogens with one attached hydrogen (secondary N) is 1. The molecule has 2 heterocycles. The molecule has 0 radical (unpaired) electrons. The number of rotatable bonds is 13. The fourth-order valence-electron chi connectivity index (χ4n) is 4.23. The summed E-state index contributed by atoms with van der Waals surface area (Å²) in [6.45, 7) is 3.10. The number of aliphatic imine (C=N–C) groups is 1. The van der Waals surface area contributed by atoms with Crippen molar-refractivity contribution in [3.63, 3.8) is 0 Å². The zero-order valence-electron chi connectivity index (χ0n) is 20.6. The maximum atomic E-state index is 13.4. The molecule has 35 heavy (non-hydrogen) atoms. The van der Waals surface area contributed by atoms with Gasteiger partial charge in [0.1, 0.15) is 12.7 Å². The van der Waals surface area contributed by atoms with Gasteiger partial charge in [-0.3, -0.25) is 28.9 Å². The van der Waals surface area contributed by atoms with E-state index in [1.807, 2.05) is 13.8 Å². The van der Waals surface area contributed by atoms with Crippen LogP contribution in [0.4, 0.5) is 4.39 Å². The van der Waals surface area contributed by atoms with E-state index < -0.39 is 36.4 Å². The molecular weight excluding hydrogens is 457 g/mol. The summed E-state index contributed by atoms with van der Waals surface area (Å²) < 4.78 is 14.6. The number of amides is 2. The molecule has 0 aromatic carbocycles. The normalized spacial score (nSPS) is 17.2. The van der Waals surface area contributed by atoms with Crippen LogP contribution < -0.4 is 16.8 Å². The van der Waals surface area contributed by atoms with E-state index in [0.717, 1.165) is 0 Å². The first-order valence-electron chi connectivity index (χ1n) is 11.8. The lowest BCUT2D eigenvalue weighted by Crippen LogP contribution is -2.54. The van der Waals surface area contributed by atoms with Gasteiger partial charge < -0.3 is 21.7 Å². The second kappa shape index (κ2) is 13.0. The van der Waals surface area contributed by atoms with Crippen LogP contribution in [0, 0.1) is 11.8 Å². The molecule has 2 rings (SSSR count). The maximum Gasteiger partial charge on any atom is 0.255 e. The Labute approximate surface area is 204 Å². The quantitative estimate of drug-likeness (QED) is 0.202. The summed E-state index contributed by atoms with van der Waals surface area (Å²) in [6.07, 6.45) is 4.56. The van der Waals surface area contributed by atoms with Crippen LogP contribution in [0.25, 0.3) is 0 Å². The zero-order chi connectivity index (χ0) is 26.1. The van der Waals surface area contributed by atoms with Crippen LogP contribution in [0.1, 0.15) is 56.3 Å². The molecule has 3 atom stereocenters. The topological polar surface area (TPSA) is 166 Å². The monoisotopic (exact) mass is 493 g/mol. The van der Waals surface area contributed by atoms with Crippen molar-refractivity contribution in [3.05, 3.63) is 18.0 Å². The summed E-state index contributed by atoms with van der Waals surface area (Å²) in [7, 11) is 1.68. The van der Waals surface area contributed by atoms with Crippen LogP contribution in [-0.2, 0) is 21.4 Å². The van der Waals surface area contributed by atoms with Gasteiger partial charge in [0.2, 0.25) is 5.91 Å². The van der Waals surface area contributed by atoms with E-state index in [0.29, 0.717) is 31.4 Å². The van der Waals surface area contributed by atoms with Gasteiger partial charge >= 0.3 is 0 Å². The molecule has 0 saturated carbocycles. The molecule has 11 nitrogen and oxygen atoms in total. The molecule has 0 aliphatic carbocycles. The third-order valence-corrected chi connectivity index (χ3v) is 6.13. The van der Waals surface area contributed by atoms with Gasteiger partial charge in [0.25, 0.3) is 5.91 Å². The molecule has 0 unspecified atom stereocenters. The molecule has 1 aliphatic rings. The first kappa shape index (κ1) is 27.9. The Morgan fingerprint density at radius 3 is 2.57 bits per heavy atom. The van der Waals surface area contributed by atoms with Gasteiger partial charge in [-0.2, -0.15) is 5.10 Å². The number of carbonyl (C=O) groups is 4. The number of ketones is 2. The van der Waals surface area contributed by atoms with Gasteiger partial charge in [0.05, 0.1) is 17.8 Å². The van der Waals surface area contributed by atoms with Crippen molar-refractivity contribution in [1.82, 2.24) is 20.0 Å². The number of carbonyl (C=O) groups excluding carboxylic acids is 4. The van der Waals surface area contributed by atoms with Gasteiger partial charge in [0, 0.05) is 38.7 Å². The van der Waals surface area contributed by atoms with Crippen LogP contribution in [0.3, 0.4) is 0 Å². The van der Waals surface area contributed by atoms with E-state index in [2.05, 4.69) is 15.4 Å². The predicted octanol–water partition coefficient (Wildman–Crippen LogP) is 0.333. The minimum atomic E-state index is -1.16. The number of nitrogens with zero attached hydrogens (tertiary/aromatic N) is 4. The highest BCUT2D eigenvalue weighted by Crippen LogP contribution is 2.25. The Hall–Kier alpha value is -3.31. The van der Waals surface area contributed by atoms with E-state index in [1.165, 1.54) is 15.8 Å². The fourth-order valence-corrected chi connectivity index (χ4v) is 4.23. The number of hydrogen-bond acceptors (Lipinski definition) is 6. The molecule has 1 aromatic rings. The zero-order valence-corrected chi connectivity index (χ0v) is 20.6. The predicted molar refractivity (Wildman–Crippen MR) is 128 cm³/mol. The van der Waals surface area contributed by atoms with Crippen molar-refractivity contribution < 1.29 is 23.6 Å². The highest BCUT2D eigenvalue weighted by Gasteiger charge is 2.39. The smallest absolute Gasteiger partial charge is 0.255 e. The minimum Gasteiger partial charge on any atom is -0.370 e. The lowest BCUT2D eigenvalue weighted by atomic mass is 9.90. The van der Waals surface area contributed by atoms with E-state index in [-0.39, 0.29) is 43.0 Å². The van der Waals surface area contributed by atoms with Gasteiger partial charge in [0.15, 0.2) is 17.5 Å². The first-order valence-corrected chi connectivity index (χ1v) is 11.8. The summed E-state index contributed by atoms with van der Waals surface area (Å²) in [5, 5.41) is 6.74. The molecule has 1 fully saturated rings. The second-order valence-corrected chi connectivity index (χ2v) is 9.20. The van der Waals surface area contributed by atoms with E-state index in [4.69, 9.17) is 11.5 Å². The number of Topliss-reactive ketones (excluding diaryl/α,β-unsaturated/α-hetero) is 2. The Morgan fingerprint density at radius 1 is 1.29 bits per heavy atom. The van der Waals surface area contributed by atoms with Crippen LogP contribution in [-0.4, -0.2) is 75.9 Å². The molecule has 0 bridgehead atoms. The van der Waals surface area contributed by atoms with Crippen LogP contribution in [0.15, 0.2) is 17.4 Å². The van der Waals surface area contributed by atoms with Crippen molar-refractivity contribution in [1.29, 1.82) is 0 Å². The highest BCUT2D eigenvalue weighted by molar-refractivity contribution is 5.99. The largest absolute Gasteiger partial charge is 0.370 e. The van der Waals surface area contributed by atoms with E-state index in [1.54, 1.807) is 13.2 Å². The molecule has 5 N–H and O–H groups in total. The van der Waals surface area contributed by atoms with Crippen molar-refractivity contribution in [2.24, 2.45) is 35.3 Å². The number of alkyl halides is 1. The number of guanidine groups is 1. The van der Waals surface area contributed by atoms with Crippen LogP contribution in [0.2, 0.25) is 0 Å². The minimum absolute atomic E-state index is 0.0788. The average molecular weight is 494 g/mol. The first-order chi connectivity index (χ1) is 16.5. The van der Waals surface area contributed by atoms with Crippen molar-refractivity contribution in [2.45, 2.75) is 58.0 Å². The van der Waals surface area contributed by atoms with Crippen molar-refractivity contribution in [2.75, 3.05) is 19.8 Å². The lowest BCUT2D eigenvalue weighted by molar-refractivity contribution is -0.140. The van der Waals surface area contributed by atoms with Gasteiger partial charge in [-0.05, 0) is 31.6 Å². The molecular formula is C23H36FN7O4. The number of halogens is 1. The Morgan fingerprint density at radius 2 is 2.00 bits per heavy atom. The Kier molecular flexibility index (Phi) is 10.3. The average Bonchev–Trinajstić information content (AvgIpc) is 3.47. The van der Waals surface area contributed by atoms with Gasteiger partial charge in [-0.1, -0.05) is 13.8 Å².